The van der Waals surface area contributed by atoms with Gasteiger partial charge < -0.3 is 15.7 Å². The fraction of sp³-hybridized carbons (Fsp3) is 0.440. The van der Waals surface area contributed by atoms with Crippen molar-refractivity contribution in [2.24, 2.45) is 5.41 Å². The molecule has 166 valence electrons. The van der Waals surface area contributed by atoms with Gasteiger partial charge in [-0.05, 0) is 11.1 Å². The van der Waals surface area contributed by atoms with Gasteiger partial charge in [0, 0.05) is 44.1 Å². The minimum Gasteiger partial charge on any atom is -0.396 e. The van der Waals surface area contributed by atoms with Gasteiger partial charge in [-0.2, -0.15) is 0 Å². The van der Waals surface area contributed by atoms with Crippen LogP contribution in [0.2, 0.25) is 0 Å². The monoisotopic (exact) mass is 423 g/mol. The lowest BCUT2D eigenvalue weighted by molar-refractivity contribution is -0.134. The Morgan fingerprint density at radius 1 is 1.13 bits per heavy atom. The Kier molecular flexibility index (Phi) is 7.82. The Hall–Kier alpha value is -2.70. The highest BCUT2D eigenvalue weighted by atomic mass is 16.3. The smallest absolute Gasteiger partial charge is 0.237 e. The Balaban J connectivity index is 1.76. The van der Waals surface area contributed by atoms with Crippen molar-refractivity contribution in [3.05, 3.63) is 71.8 Å². The maximum absolute atomic E-state index is 12.7. The van der Waals surface area contributed by atoms with Crippen LogP contribution in [0.5, 0.6) is 0 Å². The van der Waals surface area contributed by atoms with Gasteiger partial charge in [-0.1, -0.05) is 74.5 Å². The van der Waals surface area contributed by atoms with E-state index in [0.29, 0.717) is 26.2 Å². The summed E-state index contributed by atoms with van der Waals surface area (Å²) >= 11 is 0. The molecule has 0 bridgehead atoms. The molecule has 3 rings (SSSR count). The van der Waals surface area contributed by atoms with Gasteiger partial charge in [0.15, 0.2) is 0 Å². The molecular weight excluding hydrogens is 390 g/mol. The Bertz CT molecular complexity index is 815. The molecule has 3 N–H and O–H groups in total. The molecule has 1 heterocycles. The Labute approximate surface area is 184 Å². The number of piperazine rings is 1. The quantitative estimate of drug-likeness (QED) is 0.577. The zero-order chi connectivity index (χ0) is 22.3. The number of benzene rings is 2. The van der Waals surface area contributed by atoms with E-state index in [1.807, 2.05) is 50.2 Å². The molecule has 6 heteroatoms. The molecule has 0 radical (unpaired) electrons. The molecule has 0 spiro atoms. The van der Waals surface area contributed by atoms with Crippen molar-refractivity contribution in [2.45, 2.75) is 32.2 Å². The predicted molar refractivity (Wildman–Crippen MR) is 122 cm³/mol. The molecule has 1 saturated heterocycles. The molecule has 2 amide bonds. The largest absolute Gasteiger partial charge is 0.396 e. The summed E-state index contributed by atoms with van der Waals surface area (Å²) in [4.78, 5) is 27.4. The van der Waals surface area contributed by atoms with E-state index in [1.54, 1.807) is 0 Å². The Morgan fingerprint density at radius 3 is 2.26 bits per heavy atom. The van der Waals surface area contributed by atoms with Gasteiger partial charge in [-0.25, -0.2) is 0 Å². The second kappa shape index (κ2) is 10.6. The summed E-state index contributed by atoms with van der Waals surface area (Å²) < 4.78 is 0. The van der Waals surface area contributed by atoms with Gasteiger partial charge >= 0.3 is 0 Å². The minimum atomic E-state index is -0.513. The SMILES string of the molecule is CC(C)(CO)CNC(=O)C[C@H]1C(=O)NCCN1CC(c1ccccc1)c1ccccc1. The average molecular weight is 424 g/mol. The van der Waals surface area contributed by atoms with Crippen LogP contribution in [-0.4, -0.2) is 60.6 Å². The molecule has 1 aliphatic rings. The van der Waals surface area contributed by atoms with E-state index in [-0.39, 0.29) is 30.8 Å². The summed E-state index contributed by atoms with van der Waals surface area (Å²) in [6, 6.07) is 20.1. The third-order valence-electron chi connectivity index (χ3n) is 5.83. The van der Waals surface area contributed by atoms with E-state index >= 15 is 0 Å². The number of aliphatic hydroxyl groups excluding tert-OH is 1. The number of hydrogen-bond acceptors (Lipinski definition) is 4. The average Bonchev–Trinajstić information content (AvgIpc) is 2.79. The van der Waals surface area contributed by atoms with Gasteiger partial charge in [0.2, 0.25) is 11.8 Å². The lowest BCUT2D eigenvalue weighted by atomic mass is 9.90. The van der Waals surface area contributed by atoms with Crippen molar-refractivity contribution in [2.75, 3.05) is 32.8 Å². The van der Waals surface area contributed by atoms with E-state index in [2.05, 4.69) is 39.8 Å². The molecular formula is C25H33N3O3. The lowest BCUT2D eigenvalue weighted by Gasteiger charge is -2.37. The normalized spacial score (nSPS) is 17.4. The van der Waals surface area contributed by atoms with E-state index in [1.165, 1.54) is 11.1 Å². The number of aliphatic hydroxyl groups is 1. The summed E-state index contributed by atoms with van der Waals surface area (Å²) in [5, 5.41) is 15.2. The van der Waals surface area contributed by atoms with E-state index < -0.39 is 11.5 Å². The molecule has 0 unspecified atom stereocenters. The van der Waals surface area contributed by atoms with Gasteiger partial charge in [0.1, 0.15) is 0 Å². The Morgan fingerprint density at radius 2 is 1.71 bits per heavy atom. The first-order valence-electron chi connectivity index (χ1n) is 10.9. The number of rotatable bonds is 9. The first-order chi connectivity index (χ1) is 14.9. The van der Waals surface area contributed by atoms with Gasteiger partial charge in [0.25, 0.3) is 0 Å². The van der Waals surface area contributed by atoms with Gasteiger partial charge in [-0.3, -0.25) is 14.5 Å². The number of nitrogens with zero attached hydrogens (tertiary/aromatic N) is 1. The highest BCUT2D eigenvalue weighted by Crippen LogP contribution is 2.27. The molecule has 0 aliphatic carbocycles. The molecule has 6 nitrogen and oxygen atoms in total. The molecule has 2 aromatic rings. The van der Waals surface area contributed by atoms with Crippen LogP contribution in [0, 0.1) is 5.41 Å². The van der Waals surface area contributed by atoms with Crippen LogP contribution in [0.25, 0.3) is 0 Å². The topological polar surface area (TPSA) is 81.7 Å². The van der Waals surface area contributed by atoms with Crippen LogP contribution in [0.4, 0.5) is 0 Å². The summed E-state index contributed by atoms with van der Waals surface area (Å²) in [5.41, 5.74) is 1.98. The van der Waals surface area contributed by atoms with Crippen LogP contribution in [0.15, 0.2) is 60.7 Å². The van der Waals surface area contributed by atoms with Crippen LogP contribution in [0.3, 0.4) is 0 Å². The van der Waals surface area contributed by atoms with E-state index in [0.717, 1.165) is 0 Å². The highest BCUT2D eigenvalue weighted by Gasteiger charge is 2.33. The molecule has 31 heavy (non-hydrogen) atoms. The maximum atomic E-state index is 12.7. The fourth-order valence-corrected chi connectivity index (χ4v) is 3.85. The van der Waals surface area contributed by atoms with Crippen LogP contribution in [0.1, 0.15) is 37.3 Å². The number of carbonyl (C=O) groups excluding carboxylic acids is 2. The molecule has 0 aromatic heterocycles. The van der Waals surface area contributed by atoms with Crippen molar-refractivity contribution in [1.29, 1.82) is 0 Å². The molecule has 0 saturated carbocycles. The lowest BCUT2D eigenvalue weighted by Crippen LogP contribution is -2.57. The van der Waals surface area contributed by atoms with Gasteiger partial charge in [0.05, 0.1) is 12.5 Å². The second-order valence-corrected chi connectivity index (χ2v) is 8.98. The van der Waals surface area contributed by atoms with Crippen molar-refractivity contribution in [1.82, 2.24) is 15.5 Å². The second-order valence-electron chi connectivity index (χ2n) is 8.98. The zero-order valence-electron chi connectivity index (χ0n) is 18.4. The molecule has 1 fully saturated rings. The standard InChI is InChI=1S/C25H33N3O3/c1-25(2,18-29)17-27-23(30)15-22-24(31)26-13-14-28(22)16-21(19-9-5-3-6-10-19)20-11-7-4-8-12-20/h3-12,21-22,29H,13-18H2,1-2H3,(H,26,31)(H,27,30)/t22-/m0/s1. The summed E-state index contributed by atoms with van der Waals surface area (Å²) in [7, 11) is 0. The molecule has 1 aliphatic heterocycles. The summed E-state index contributed by atoms with van der Waals surface area (Å²) in [6.45, 7) is 6.05. The highest BCUT2D eigenvalue weighted by molar-refractivity contribution is 5.88. The zero-order valence-corrected chi connectivity index (χ0v) is 18.4. The number of amides is 2. The summed E-state index contributed by atoms with van der Waals surface area (Å²) in [5.74, 6) is -0.181. The summed E-state index contributed by atoms with van der Waals surface area (Å²) in [6.07, 6.45) is 0.101. The van der Waals surface area contributed by atoms with Crippen LogP contribution < -0.4 is 10.6 Å². The minimum absolute atomic E-state index is 0.0147. The fourth-order valence-electron chi connectivity index (χ4n) is 3.85. The van der Waals surface area contributed by atoms with Gasteiger partial charge in [-0.15, -0.1) is 0 Å². The molecule has 2 aromatic carbocycles. The van der Waals surface area contributed by atoms with E-state index in [9.17, 15) is 14.7 Å². The number of hydrogen-bond donors (Lipinski definition) is 3. The first kappa shape index (κ1) is 23.0. The maximum Gasteiger partial charge on any atom is 0.237 e. The predicted octanol–water partition coefficient (Wildman–Crippen LogP) is 2.14. The third-order valence-corrected chi connectivity index (χ3v) is 5.83. The van der Waals surface area contributed by atoms with Crippen molar-refractivity contribution in [3.8, 4) is 0 Å². The molecule has 1 atom stereocenters. The van der Waals surface area contributed by atoms with Crippen LogP contribution >= 0.6 is 0 Å². The third kappa shape index (κ3) is 6.39. The van der Waals surface area contributed by atoms with Crippen molar-refractivity contribution in [3.63, 3.8) is 0 Å². The first-order valence-corrected chi connectivity index (χ1v) is 10.9. The number of nitrogens with one attached hydrogen (secondary N) is 2. The van der Waals surface area contributed by atoms with Crippen molar-refractivity contribution >= 4 is 11.8 Å². The van der Waals surface area contributed by atoms with Crippen molar-refractivity contribution < 1.29 is 14.7 Å². The number of carbonyl (C=O) groups is 2. The van der Waals surface area contributed by atoms with E-state index in [4.69, 9.17) is 0 Å². The van der Waals surface area contributed by atoms with Crippen LogP contribution in [-0.2, 0) is 9.59 Å².